The van der Waals surface area contributed by atoms with Gasteiger partial charge in [-0.05, 0) is 17.7 Å². The van der Waals surface area contributed by atoms with Crippen LogP contribution >= 0.6 is 15.9 Å². The molecule has 1 aromatic carbocycles. The molecular weight excluding hydrogens is 310 g/mol. The molecule has 0 saturated carbocycles. The van der Waals surface area contributed by atoms with Gasteiger partial charge in [0.2, 0.25) is 0 Å². The van der Waals surface area contributed by atoms with Gasteiger partial charge in [0.1, 0.15) is 17.2 Å². The second kappa shape index (κ2) is 5.79. The van der Waals surface area contributed by atoms with Gasteiger partial charge in [0.25, 0.3) is 0 Å². The Bertz CT molecular complexity index is 617. The molecule has 0 amide bonds. The van der Waals surface area contributed by atoms with Crippen LogP contribution < -0.4 is 5.73 Å². The second-order valence-corrected chi connectivity index (χ2v) is 4.80. The van der Waals surface area contributed by atoms with E-state index in [9.17, 15) is 4.79 Å². The summed E-state index contributed by atoms with van der Waals surface area (Å²) in [5.74, 6) is 0.154. The number of esters is 1. The van der Waals surface area contributed by atoms with Crippen molar-refractivity contribution in [1.29, 1.82) is 0 Å². The lowest BCUT2D eigenvalue weighted by Crippen LogP contribution is -2.10. The number of anilines is 1. The fourth-order valence-electron chi connectivity index (χ4n) is 1.62. The van der Waals surface area contributed by atoms with Gasteiger partial charge in [-0.25, -0.2) is 14.8 Å². The Morgan fingerprint density at radius 1 is 1.47 bits per heavy atom. The van der Waals surface area contributed by atoms with E-state index in [2.05, 4.69) is 30.6 Å². The number of benzene rings is 1. The summed E-state index contributed by atoms with van der Waals surface area (Å²) in [4.78, 5) is 19.6. The van der Waals surface area contributed by atoms with Crippen LogP contribution in [0.25, 0.3) is 0 Å². The number of hydrogen-bond donors (Lipinski definition) is 1. The number of methoxy groups -OCH3 is 1. The summed E-state index contributed by atoms with van der Waals surface area (Å²) in [5, 5.41) is 0. The summed E-state index contributed by atoms with van der Waals surface area (Å²) in [7, 11) is 1.29. The highest BCUT2D eigenvalue weighted by Gasteiger charge is 2.12. The van der Waals surface area contributed by atoms with E-state index in [1.54, 1.807) is 0 Å². The molecule has 0 fully saturated rings. The number of carbonyl (C=O) groups excluding carboxylic acids is 1. The van der Waals surface area contributed by atoms with E-state index in [1.807, 2.05) is 24.3 Å². The number of ether oxygens (including phenoxy) is 1. The molecule has 2 N–H and O–H groups in total. The molecule has 0 bridgehead atoms. The van der Waals surface area contributed by atoms with Crippen LogP contribution in [-0.2, 0) is 11.2 Å². The fourth-order valence-corrected chi connectivity index (χ4v) is 2.06. The third-order valence-corrected chi connectivity index (χ3v) is 3.02. The van der Waals surface area contributed by atoms with Crippen LogP contribution in [0.4, 0.5) is 5.82 Å². The summed E-state index contributed by atoms with van der Waals surface area (Å²) in [6, 6.07) is 7.83. The lowest BCUT2D eigenvalue weighted by atomic mass is 10.1. The number of rotatable bonds is 3. The van der Waals surface area contributed by atoms with E-state index in [4.69, 9.17) is 5.73 Å². The first-order valence-corrected chi connectivity index (χ1v) is 6.33. The molecule has 0 aliphatic rings. The van der Waals surface area contributed by atoms with Crippen molar-refractivity contribution in [3.63, 3.8) is 0 Å². The van der Waals surface area contributed by atoms with Gasteiger partial charge in [0.15, 0.2) is 0 Å². The predicted octanol–water partition coefficient (Wildman–Crippen LogP) is 2.20. The largest absolute Gasteiger partial charge is 0.465 e. The average molecular weight is 322 g/mol. The molecule has 6 heteroatoms. The first kappa shape index (κ1) is 13.5. The molecule has 98 valence electrons. The molecule has 19 heavy (non-hydrogen) atoms. The van der Waals surface area contributed by atoms with E-state index in [0.29, 0.717) is 12.2 Å². The Hall–Kier alpha value is -1.95. The topological polar surface area (TPSA) is 78.1 Å². The number of halogens is 1. The molecule has 0 saturated heterocycles. The Kier molecular flexibility index (Phi) is 4.11. The zero-order chi connectivity index (χ0) is 13.8. The van der Waals surface area contributed by atoms with Crippen molar-refractivity contribution in [3.8, 4) is 0 Å². The summed E-state index contributed by atoms with van der Waals surface area (Å²) in [6.45, 7) is 0. The first-order valence-electron chi connectivity index (χ1n) is 5.54. The van der Waals surface area contributed by atoms with Gasteiger partial charge in [0.05, 0.1) is 7.11 Å². The summed E-state index contributed by atoms with van der Waals surface area (Å²) < 4.78 is 5.58. The van der Waals surface area contributed by atoms with Crippen LogP contribution in [0.2, 0.25) is 0 Å². The molecule has 0 aliphatic heterocycles. The van der Waals surface area contributed by atoms with Crippen LogP contribution in [0.1, 0.15) is 21.7 Å². The van der Waals surface area contributed by atoms with E-state index in [1.165, 1.54) is 13.3 Å². The van der Waals surface area contributed by atoms with Gasteiger partial charge >= 0.3 is 5.97 Å². The van der Waals surface area contributed by atoms with Gasteiger partial charge in [-0.15, -0.1) is 0 Å². The molecule has 0 unspecified atom stereocenters. The molecule has 0 atom stereocenters. The minimum absolute atomic E-state index is 0.131. The van der Waals surface area contributed by atoms with Crippen LogP contribution in [0.5, 0.6) is 0 Å². The number of aromatic nitrogens is 2. The molecule has 1 heterocycles. The van der Waals surface area contributed by atoms with E-state index in [0.717, 1.165) is 10.0 Å². The van der Waals surface area contributed by atoms with E-state index < -0.39 is 5.97 Å². The Labute approximate surface area is 119 Å². The highest BCUT2D eigenvalue weighted by molar-refractivity contribution is 9.10. The third-order valence-electron chi connectivity index (χ3n) is 2.52. The van der Waals surface area contributed by atoms with Crippen molar-refractivity contribution >= 4 is 27.7 Å². The van der Waals surface area contributed by atoms with Crippen molar-refractivity contribution in [2.75, 3.05) is 12.8 Å². The van der Waals surface area contributed by atoms with Crippen molar-refractivity contribution in [2.24, 2.45) is 0 Å². The zero-order valence-electron chi connectivity index (χ0n) is 10.3. The maximum absolute atomic E-state index is 11.4. The minimum atomic E-state index is -0.536. The van der Waals surface area contributed by atoms with Crippen LogP contribution in [0, 0.1) is 0 Å². The second-order valence-electron chi connectivity index (χ2n) is 3.88. The smallest absolute Gasteiger partial charge is 0.343 e. The van der Waals surface area contributed by atoms with Crippen LogP contribution in [0.3, 0.4) is 0 Å². The summed E-state index contributed by atoms with van der Waals surface area (Å²) in [6.07, 6.45) is 1.94. The quantitative estimate of drug-likeness (QED) is 0.877. The highest BCUT2D eigenvalue weighted by Crippen LogP contribution is 2.15. The van der Waals surface area contributed by atoms with Crippen LogP contribution in [-0.4, -0.2) is 23.0 Å². The van der Waals surface area contributed by atoms with Gasteiger partial charge < -0.3 is 10.5 Å². The summed E-state index contributed by atoms with van der Waals surface area (Å²) >= 11 is 3.40. The Morgan fingerprint density at radius 3 is 2.89 bits per heavy atom. The Balaban J connectivity index is 2.23. The SMILES string of the molecule is COC(=O)c1cnc(Cc2cccc(Br)c2)nc1N. The molecular formula is C13H12BrN3O2. The average Bonchev–Trinajstić information content (AvgIpc) is 2.38. The van der Waals surface area contributed by atoms with E-state index >= 15 is 0 Å². The molecule has 0 aliphatic carbocycles. The minimum Gasteiger partial charge on any atom is -0.465 e. The first-order chi connectivity index (χ1) is 9.10. The molecule has 0 radical (unpaired) electrons. The van der Waals surface area contributed by atoms with Gasteiger partial charge in [-0.3, -0.25) is 0 Å². The number of nitrogens with zero attached hydrogens (tertiary/aromatic N) is 2. The monoisotopic (exact) mass is 321 g/mol. The Morgan fingerprint density at radius 2 is 2.26 bits per heavy atom. The normalized spacial score (nSPS) is 10.2. The lowest BCUT2D eigenvalue weighted by molar-refractivity contribution is 0.0601. The predicted molar refractivity (Wildman–Crippen MR) is 74.7 cm³/mol. The van der Waals surface area contributed by atoms with Crippen molar-refractivity contribution in [3.05, 3.63) is 51.9 Å². The highest BCUT2D eigenvalue weighted by atomic mass is 79.9. The van der Waals surface area contributed by atoms with Crippen molar-refractivity contribution in [2.45, 2.75) is 6.42 Å². The third kappa shape index (κ3) is 3.29. The molecule has 2 aromatic rings. The zero-order valence-corrected chi connectivity index (χ0v) is 11.8. The number of hydrogen-bond acceptors (Lipinski definition) is 5. The lowest BCUT2D eigenvalue weighted by Gasteiger charge is -2.05. The maximum Gasteiger partial charge on any atom is 0.343 e. The van der Waals surface area contributed by atoms with Crippen LogP contribution in [0.15, 0.2) is 34.9 Å². The van der Waals surface area contributed by atoms with Gasteiger partial charge in [-0.2, -0.15) is 0 Å². The van der Waals surface area contributed by atoms with Gasteiger partial charge in [-0.1, -0.05) is 28.1 Å². The molecule has 1 aromatic heterocycles. The number of nitrogens with two attached hydrogens (primary N) is 1. The summed E-state index contributed by atoms with van der Waals surface area (Å²) in [5.41, 5.74) is 6.96. The van der Waals surface area contributed by atoms with Crippen molar-refractivity contribution < 1.29 is 9.53 Å². The maximum atomic E-state index is 11.4. The molecule has 0 spiro atoms. The van der Waals surface area contributed by atoms with Crippen molar-refractivity contribution in [1.82, 2.24) is 9.97 Å². The number of nitrogen functional groups attached to an aromatic ring is 1. The molecule has 5 nitrogen and oxygen atoms in total. The fraction of sp³-hybridized carbons (Fsp3) is 0.154. The van der Waals surface area contributed by atoms with E-state index in [-0.39, 0.29) is 11.4 Å². The van der Waals surface area contributed by atoms with Gasteiger partial charge in [0, 0.05) is 17.1 Å². The molecule has 2 rings (SSSR count). The standard InChI is InChI=1S/C13H12BrN3O2/c1-19-13(18)10-7-16-11(17-12(10)15)6-8-3-2-4-9(14)5-8/h2-5,7H,6H2,1H3,(H2,15,16,17). The number of carbonyl (C=O) groups is 1.